The van der Waals surface area contributed by atoms with E-state index in [0.717, 1.165) is 4.47 Å². The van der Waals surface area contributed by atoms with Crippen molar-refractivity contribution in [2.45, 2.75) is 6.92 Å². The number of ether oxygens (including phenoxy) is 1. The normalized spacial score (nSPS) is 10.0. The summed E-state index contributed by atoms with van der Waals surface area (Å²) in [5, 5.41) is 0. The van der Waals surface area contributed by atoms with Crippen LogP contribution in [0.2, 0.25) is 0 Å². The number of carbonyl (C=O) groups excluding carboxylic acids is 2. The zero-order chi connectivity index (χ0) is 13.7. The van der Waals surface area contributed by atoms with Crippen molar-refractivity contribution in [3.63, 3.8) is 0 Å². The predicted octanol–water partition coefficient (Wildman–Crippen LogP) is 2.85. The molecule has 0 aliphatic carbocycles. The van der Waals surface area contributed by atoms with E-state index in [-0.39, 0.29) is 12.5 Å². The van der Waals surface area contributed by atoms with Crippen molar-refractivity contribution in [3.8, 4) is 0 Å². The highest BCUT2D eigenvalue weighted by Crippen LogP contribution is 2.22. The molecule has 0 saturated heterocycles. The van der Waals surface area contributed by atoms with Gasteiger partial charge in [-0.05, 0) is 41.1 Å². The largest absolute Gasteiger partial charge is 0.465 e. The van der Waals surface area contributed by atoms with Crippen LogP contribution in [0.3, 0.4) is 0 Å². The first-order valence-electron chi connectivity index (χ1n) is 5.31. The van der Waals surface area contributed by atoms with Gasteiger partial charge in [0.1, 0.15) is 6.54 Å². The van der Waals surface area contributed by atoms with E-state index in [0.29, 0.717) is 16.6 Å². The second kappa shape index (κ2) is 6.89. The number of nitrogens with zero attached hydrogens (tertiary/aromatic N) is 1. The van der Waals surface area contributed by atoms with Gasteiger partial charge in [-0.25, -0.2) is 0 Å². The van der Waals surface area contributed by atoms with Crippen LogP contribution in [0.15, 0.2) is 27.1 Å². The summed E-state index contributed by atoms with van der Waals surface area (Å²) in [5.41, 5.74) is 0.496. The first kappa shape index (κ1) is 15.2. The molecule has 0 heterocycles. The lowest BCUT2D eigenvalue weighted by atomic mass is 10.2. The number of benzene rings is 1. The molecule has 1 amide bonds. The summed E-state index contributed by atoms with van der Waals surface area (Å²) in [4.78, 5) is 24.8. The van der Waals surface area contributed by atoms with Gasteiger partial charge in [0.05, 0.1) is 12.2 Å². The van der Waals surface area contributed by atoms with Crippen LogP contribution in [0.5, 0.6) is 0 Å². The lowest BCUT2D eigenvalue weighted by Gasteiger charge is -2.17. The van der Waals surface area contributed by atoms with Crippen molar-refractivity contribution >= 4 is 43.7 Å². The smallest absolute Gasteiger partial charge is 0.325 e. The molecule has 18 heavy (non-hydrogen) atoms. The Morgan fingerprint density at radius 2 is 2.00 bits per heavy atom. The Kier molecular flexibility index (Phi) is 5.81. The third-order valence-corrected chi connectivity index (χ3v) is 3.36. The molecule has 0 aromatic heterocycles. The van der Waals surface area contributed by atoms with Gasteiger partial charge in [0.25, 0.3) is 5.91 Å². The van der Waals surface area contributed by atoms with E-state index in [1.807, 2.05) is 6.07 Å². The fourth-order valence-electron chi connectivity index (χ4n) is 1.34. The second-order valence-electron chi connectivity index (χ2n) is 3.59. The average Bonchev–Trinajstić information content (AvgIpc) is 2.31. The Balaban J connectivity index is 2.80. The maximum Gasteiger partial charge on any atom is 0.325 e. The Bertz CT molecular complexity index is 463. The predicted molar refractivity (Wildman–Crippen MR) is 75.4 cm³/mol. The molecule has 1 aromatic rings. The van der Waals surface area contributed by atoms with Crippen molar-refractivity contribution in [2.75, 3.05) is 20.2 Å². The van der Waals surface area contributed by atoms with E-state index in [4.69, 9.17) is 4.74 Å². The highest BCUT2D eigenvalue weighted by Gasteiger charge is 2.18. The Labute approximate surface area is 123 Å². The van der Waals surface area contributed by atoms with E-state index >= 15 is 0 Å². The molecular weight excluding hydrogens is 366 g/mol. The molecule has 0 unspecified atom stereocenters. The first-order chi connectivity index (χ1) is 8.45. The molecular formula is C12H13Br2NO3. The van der Waals surface area contributed by atoms with Crippen molar-refractivity contribution < 1.29 is 14.3 Å². The molecule has 0 bridgehead atoms. The van der Waals surface area contributed by atoms with Gasteiger partial charge in [-0.1, -0.05) is 15.9 Å². The van der Waals surface area contributed by atoms with E-state index in [1.165, 1.54) is 4.90 Å². The first-order valence-corrected chi connectivity index (χ1v) is 6.90. The summed E-state index contributed by atoms with van der Waals surface area (Å²) in [6.07, 6.45) is 0. The van der Waals surface area contributed by atoms with Gasteiger partial charge >= 0.3 is 5.97 Å². The number of amides is 1. The molecule has 0 saturated carbocycles. The standard InChI is InChI=1S/C12H13Br2NO3/c1-3-18-11(16)7-15(2)12(17)9-6-8(13)4-5-10(9)14/h4-6H,3,7H2,1-2H3. The van der Waals surface area contributed by atoms with Crippen LogP contribution in [0, 0.1) is 0 Å². The lowest BCUT2D eigenvalue weighted by molar-refractivity contribution is -0.143. The quantitative estimate of drug-likeness (QED) is 0.757. The third-order valence-electron chi connectivity index (χ3n) is 2.18. The molecule has 0 spiro atoms. The minimum atomic E-state index is -0.417. The molecule has 0 radical (unpaired) electrons. The molecule has 6 heteroatoms. The molecule has 98 valence electrons. The number of esters is 1. The van der Waals surface area contributed by atoms with Gasteiger partial charge in [-0.2, -0.15) is 0 Å². The maximum absolute atomic E-state index is 12.1. The fourth-order valence-corrected chi connectivity index (χ4v) is 2.12. The summed E-state index contributed by atoms with van der Waals surface area (Å²) in [7, 11) is 1.56. The number of likely N-dealkylation sites (N-methyl/N-ethyl adjacent to an activating group) is 1. The summed E-state index contributed by atoms with van der Waals surface area (Å²) in [6.45, 7) is 1.97. The summed E-state index contributed by atoms with van der Waals surface area (Å²) in [5.74, 6) is -0.657. The Hall–Kier alpha value is -0.880. The molecule has 0 N–H and O–H groups in total. The number of rotatable bonds is 4. The van der Waals surface area contributed by atoms with Crippen molar-refractivity contribution in [3.05, 3.63) is 32.7 Å². The molecule has 0 atom stereocenters. The molecule has 1 rings (SSSR count). The molecule has 0 aliphatic heterocycles. The molecule has 0 aliphatic rings. The number of hydrogen-bond acceptors (Lipinski definition) is 3. The molecule has 4 nitrogen and oxygen atoms in total. The SMILES string of the molecule is CCOC(=O)CN(C)C(=O)c1cc(Br)ccc1Br. The van der Waals surface area contributed by atoms with Crippen molar-refractivity contribution in [1.29, 1.82) is 0 Å². The second-order valence-corrected chi connectivity index (χ2v) is 5.36. The summed E-state index contributed by atoms with van der Waals surface area (Å²) < 4.78 is 6.29. The highest BCUT2D eigenvalue weighted by atomic mass is 79.9. The monoisotopic (exact) mass is 377 g/mol. The van der Waals surface area contributed by atoms with Gasteiger partial charge in [0, 0.05) is 16.0 Å². The van der Waals surface area contributed by atoms with Gasteiger partial charge < -0.3 is 9.64 Å². The Morgan fingerprint density at radius 1 is 1.33 bits per heavy atom. The zero-order valence-electron chi connectivity index (χ0n) is 10.1. The van der Waals surface area contributed by atoms with Crippen LogP contribution in [-0.2, 0) is 9.53 Å². The minimum Gasteiger partial charge on any atom is -0.465 e. The summed E-state index contributed by atoms with van der Waals surface area (Å²) in [6, 6.07) is 5.30. The van der Waals surface area contributed by atoms with E-state index < -0.39 is 5.97 Å². The number of hydrogen-bond donors (Lipinski definition) is 0. The van der Waals surface area contributed by atoms with Crippen LogP contribution < -0.4 is 0 Å². The van der Waals surface area contributed by atoms with Crippen LogP contribution in [0.4, 0.5) is 0 Å². The van der Waals surface area contributed by atoms with E-state index in [1.54, 1.807) is 26.1 Å². The number of carbonyl (C=O) groups is 2. The average molecular weight is 379 g/mol. The minimum absolute atomic E-state index is 0.0639. The van der Waals surface area contributed by atoms with Crippen molar-refractivity contribution in [1.82, 2.24) is 4.90 Å². The number of halogens is 2. The van der Waals surface area contributed by atoms with Crippen LogP contribution in [-0.4, -0.2) is 37.0 Å². The van der Waals surface area contributed by atoms with E-state index in [9.17, 15) is 9.59 Å². The van der Waals surface area contributed by atoms with Crippen LogP contribution in [0.25, 0.3) is 0 Å². The highest BCUT2D eigenvalue weighted by molar-refractivity contribution is 9.11. The summed E-state index contributed by atoms with van der Waals surface area (Å²) >= 11 is 6.62. The Morgan fingerprint density at radius 3 is 2.61 bits per heavy atom. The van der Waals surface area contributed by atoms with Crippen LogP contribution >= 0.6 is 31.9 Å². The van der Waals surface area contributed by atoms with Gasteiger partial charge in [-0.15, -0.1) is 0 Å². The van der Waals surface area contributed by atoms with Crippen LogP contribution in [0.1, 0.15) is 17.3 Å². The fraction of sp³-hybridized carbons (Fsp3) is 0.333. The lowest BCUT2D eigenvalue weighted by Crippen LogP contribution is -2.33. The van der Waals surface area contributed by atoms with E-state index in [2.05, 4.69) is 31.9 Å². The zero-order valence-corrected chi connectivity index (χ0v) is 13.2. The van der Waals surface area contributed by atoms with Crippen molar-refractivity contribution in [2.24, 2.45) is 0 Å². The van der Waals surface area contributed by atoms with Gasteiger partial charge in [-0.3, -0.25) is 9.59 Å². The van der Waals surface area contributed by atoms with Gasteiger partial charge in [0.2, 0.25) is 0 Å². The molecule has 0 fully saturated rings. The van der Waals surface area contributed by atoms with Gasteiger partial charge in [0.15, 0.2) is 0 Å². The third kappa shape index (κ3) is 4.10. The molecule has 1 aromatic carbocycles. The maximum atomic E-state index is 12.1. The topological polar surface area (TPSA) is 46.6 Å².